The van der Waals surface area contributed by atoms with E-state index in [4.69, 9.17) is 4.12 Å². The molecule has 0 saturated heterocycles. The fourth-order valence-electron chi connectivity index (χ4n) is 5.72. The van der Waals surface area contributed by atoms with E-state index in [1.165, 1.54) is 25.9 Å². The average molecular weight is 542 g/mol. The minimum absolute atomic E-state index is 0.975. The Labute approximate surface area is 236 Å². The normalized spacial score (nSPS) is 11.8. The summed E-state index contributed by atoms with van der Waals surface area (Å²) >= 11 is 0. The maximum atomic E-state index is 8.20. The molecule has 0 bridgehead atoms. The first-order chi connectivity index (χ1) is 19.3. The van der Waals surface area contributed by atoms with Crippen LogP contribution in [0.1, 0.15) is 25.7 Å². The summed E-state index contributed by atoms with van der Waals surface area (Å²) in [5, 5.41) is 6.52. The van der Waals surface area contributed by atoms with Crippen LogP contribution in [-0.2, 0) is 4.12 Å². The molecule has 3 heteroatoms. The first kappa shape index (κ1) is 27.1. The van der Waals surface area contributed by atoms with Crippen molar-refractivity contribution >= 4 is 42.6 Å². The molecule has 39 heavy (non-hydrogen) atoms. The Morgan fingerprint density at radius 2 is 0.744 bits per heavy atom. The van der Waals surface area contributed by atoms with E-state index < -0.39 is 16.6 Å². The van der Waals surface area contributed by atoms with Gasteiger partial charge in [-0.25, -0.2) is 0 Å². The molecule has 5 rings (SSSR count). The lowest BCUT2D eigenvalue weighted by Gasteiger charge is -2.44. The summed E-state index contributed by atoms with van der Waals surface area (Å²) in [5.41, 5.74) is 0. The van der Waals surface area contributed by atoms with Crippen molar-refractivity contribution in [1.82, 2.24) is 0 Å². The standard InChI is InChI=1S/C36H37OSi2/c1-2-3-4-20-31-38(32-21-10-5-11-22-32,33-23-12-6-13-24-33)37-39(34-25-14-7-15-26-34,35-27-16-8-17-28-35)36-29-18-9-19-30-36/h5-19,21-30H,1-4,20,31H2. The Morgan fingerprint density at radius 1 is 0.410 bits per heavy atom. The van der Waals surface area contributed by atoms with Crippen molar-refractivity contribution in [3.8, 4) is 0 Å². The molecule has 0 N–H and O–H groups in total. The van der Waals surface area contributed by atoms with Crippen molar-refractivity contribution in [2.75, 3.05) is 0 Å². The van der Waals surface area contributed by atoms with Crippen LogP contribution in [-0.4, -0.2) is 16.6 Å². The summed E-state index contributed by atoms with van der Waals surface area (Å²) in [6, 6.07) is 56.2. The van der Waals surface area contributed by atoms with Gasteiger partial charge in [-0.1, -0.05) is 184 Å². The molecular formula is C36H37OSi2. The van der Waals surface area contributed by atoms with E-state index in [9.17, 15) is 0 Å². The van der Waals surface area contributed by atoms with Gasteiger partial charge < -0.3 is 4.12 Å². The highest BCUT2D eigenvalue weighted by atomic mass is 28.4. The van der Waals surface area contributed by atoms with E-state index in [0.717, 1.165) is 31.7 Å². The molecule has 0 aromatic heterocycles. The Balaban J connectivity index is 1.82. The van der Waals surface area contributed by atoms with Crippen LogP contribution in [0.3, 0.4) is 0 Å². The third-order valence-corrected chi connectivity index (χ3v) is 17.3. The van der Waals surface area contributed by atoms with E-state index in [1.54, 1.807) is 0 Å². The van der Waals surface area contributed by atoms with Gasteiger partial charge in [0.15, 0.2) is 0 Å². The Hall–Kier alpha value is -3.51. The molecule has 0 aliphatic heterocycles. The van der Waals surface area contributed by atoms with Gasteiger partial charge in [0, 0.05) is 0 Å². The van der Waals surface area contributed by atoms with Crippen molar-refractivity contribution in [2.45, 2.75) is 31.7 Å². The molecule has 0 heterocycles. The molecule has 195 valence electrons. The highest BCUT2D eigenvalue weighted by Crippen LogP contribution is 2.24. The number of hydrogen-bond acceptors (Lipinski definition) is 1. The average Bonchev–Trinajstić information content (AvgIpc) is 3.03. The van der Waals surface area contributed by atoms with Gasteiger partial charge in [-0.3, -0.25) is 0 Å². The predicted octanol–water partition coefficient (Wildman–Crippen LogP) is 5.82. The fraction of sp³-hybridized carbons (Fsp3) is 0.139. The van der Waals surface area contributed by atoms with Gasteiger partial charge in [-0.05, 0) is 32.0 Å². The smallest absolute Gasteiger partial charge is 0.278 e. The van der Waals surface area contributed by atoms with Crippen LogP contribution in [0.15, 0.2) is 152 Å². The van der Waals surface area contributed by atoms with Gasteiger partial charge in [-0.2, -0.15) is 0 Å². The highest BCUT2D eigenvalue weighted by molar-refractivity contribution is 7.14. The van der Waals surface area contributed by atoms with Crippen molar-refractivity contribution in [2.24, 2.45) is 0 Å². The maximum Gasteiger partial charge on any atom is 0.278 e. The minimum Gasteiger partial charge on any atom is -0.439 e. The molecule has 0 unspecified atom stereocenters. The molecule has 1 nitrogen and oxygen atoms in total. The summed E-state index contributed by atoms with van der Waals surface area (Å²) in [6.07, 6.45) is 4.40. The van der Waals surface area contributed by atoms with E-state index in [-0.39, 0.29) is 0 Å². The predicted molar refractivity (Wildman–Crippen MR) is 172 cm³/mol. The first-order valence-corrected chi connectivity index (χ1v) is 18.1. The third kappa shape index (κ3) is 5.76. The highest BCUT2D eigenvalue weighted by Gasteiger charge is 2.51. The second-order valence-corrected chi connectivity index (χ2v) is 17.3. The van der Waals surface area contributed by atoms with Crippen LogP contribution >= 0.6 is 0 Å². The van der Waals surface area contributed by atoms with Gasteiger partial charge in [0.05, 0.1) is 0 Å². The van der Waals surface area contributed by atoms with E-state index >= 15 is 0 Å². The lowest BCUT2D eigenvalue weighted by molar-refractivity contribution is 0.572. The van der Waals surface area contributed by atoms with Crippen LogP contribution in [0.5, 0.6) is 0 Å². The van der Waals surface area contributed by atoms with E-state index in [0.29, 0.717) is 0 Å². The van der Waals surface area contributed by atoms with E-state index in [1.807, 2.05) is 0 Å². The summed E-state index contributed by atoms with van der Waals surface area (Å²) in [4.78, 5) is 0. The second kappa shape index (κ2) is 13.0. The maximum absolute atomic E-state index is 8.20. The summed E-state index contributed by atoms with van der Waals surface area (Å²) in [7, 11) is -5.68. The monoisotopic (exact) mass is 541 g/mol. The molecule has 5 aromatic rings. The van der Waals surface area contributed by atoms with Gasteiger partial charge in [-0.15, -0.1) is 0 Å². The molecule has 0 aliphatic rings. The summed E-state index contributed by atoms with van der Waals surface area (Å²) < 4.78 is 8.20. The van der Waals surface area contributed by atoms with Crippen LogP contribution in [0.25, 0.3) is 0 Å². The molecule has 0 aliphatic carbocycles. The molecule has 0 spiro atoms. The zero-order valence-corrected chi connectivity index (χ0v) is 24.6. The van der Waals surface area contributed by atoms with Crippen LogP contribution in [0.4, 0.5) is 0 Å². The zero-order chi connectivity index (χ0) is 26.8. The Bertz CT molecular complexity index is 1260. The summed E-state index contributed by atoms with van der Waals surface area (Å²) in [5.74, 6) is 0. The number of hydrogen-bond donors (Lipinski definition) is 0. The Kier molecular flexibility index (Phi) is 9.05. The molecule has 0 saturated carbocycles. The van der Waals surface area contributed by atoms with Gasteiger partial charge in [0.25, 0.3) is 8.32 Å². The third-order valence-electron chi connectivity index (χ3n) is 7.63. The van der Waals surface area contributed by atoms with Gasteiger partial charge in [0.1, 0.15) is 0 Å². The van der Waals surface area contributed by atoms with E-state index in [2.05, 4.69) is 159 Å². The first-order valence-electron chi connectivity index (χ1n) is 14.1. The second-order valence-electron chi connectivity index (χ2n) is 10.1. The van der Waals surface area contributed by atoms with Crippen molar-refractivity contribution in [1.29, 1.82) is 0 Å². The van der Waals surface area contributed by atoms with Crippen LogP contribution in [0, 0.1) is 6.92 Å². The van der Waals surface area contributed by atoms with Gasteiger partial charge >= 0.3 is 0 Å². The zero-order valence-electron chi connectivity index (χ0n) is 22.6. The van der Waals surface area contributed by atoms with Crippen LogP contribution in [0.2, 0.25) is 6.04 Å². The van der Waals surface area contributed by atoms with Crippen molar-refractivity contribution in [3.05, 3.63) is 159 Å². The number of unbranched alkanes of at least 4 members (excludes halogenated alkanes) is 3. The molecule has 0 amide bonds. The molecular weight excluding hydrogens is 505 g/mol. The van der Waals surface area contributed by atoms with Crippen molar-refractivity contribution < 1.29 is 4.12 Å². The largest absolute Gasteiger partial charge is 0.439 e. The quantitative estimate of drug-likeness (QED) is 0.110. The molecule has 0 fully saturated rings. The topological polar surface area (TPSA) is 9.23 Å². The van der Waals surface area contributed by atoms with Crippen LogP contribution < -0.4 is 25.9 Å². The molecule has 0 atom stereocenters. The Morgan fingerprint density at radius 3 is 1.08 bits per heavy atom. The fourth-order valence-corrected chi connectivity index (χ4v) is 16.7. The number of rotatable bonds is 12. The minimum atomic E-state index is -2.94. The van der Waals surface area contributed by atoms with Crippen molar-refractivity contribution in [3.63, 3.8) is 0 Å². The lowest BCUT2D eigenvalue weighted by atomic mass is 10.2. The molecule has 1 radical (unpaired) electrons. The van der Waals surface area contributed by atoms with Gasteiger partial charge in [0.2, 0.25) is 8.32 Å². The number of benzene rings is 5. The lowest BCUT2D eigenvalue weighted by Crippen LogP contribution is -2.77. The SMILES string of the molecule is [CH2]CCCCC[Si](O[Si](c1ccccc1)(c1ccccc1)c1ccccc1)(c1ccccc1)c1ccccc1. The molecule has 5 aromatic carbocycles. The summed E-state index contributed by atoms with van der Waals surface area (Å²) in [6.45, 7) is 4.10.